The molecule has 0 bridgehead atoms. The zero-order valence-electron chi connectivity index (χ0n) is 16.6. The molecule has 10 nitrogen and oxygen atoms in total. The van der Waals surface area contributed by atoms with Gasteiger partial charge in [0.2, 0.25) is 0 Å². The first-order chi connectivity index (χ1) is 14.3. The van der Waals surface area contributed by atoms with Crippen LogP contribution in [0.2, 0.25) is 0 Å². The van der Waals surface area contributed by atoms with Crippen molar-refractivity contribution >= 4 is 11.8 Å². The second-order valence-electron chi connectivity index (χ2n) is 8.11. The van der Waals surface area contributed by atoms with Crippen molar-refractivity contribution < 1.29 is 29.1 Å². The lowest BCUT2D eigenvalue weighted by Crippen LogP contribution is -2.65. The van der Waals surface area contributed by atoms with Gasteiger partial charge in [0, 0.05) is 31.8 Å². The van der Waals surface area contributed by atoms with Crippen LogP contribution in [0, 0.1) is 0 Å². The molecule has 10 heteroatoms. The van der Waals surface area contributed by atoms with Crippen LogP contribution in [0.3, 0.4) is 0 Å². The fraction of sp³-hybridized carbons (Fsp3) is 0.500. The van der Waals surface area contributed by atoms with Crippen LogP contribution in [-0.2, 0) is 4.74 Å². The molecule has 2 aromatic heterocycles. The van der Waals surface area contributed by atoms with Gasteiger partial charge in [-0.1, -0.05) is 5.16 Å². The summed E-state index contributed by atoms with van der Waals surface area (Å²) >= 11 is 0. The third-order valence-corrected chi connectivity index (χ3v) is 5.99. The number of hydrogen-bond acceptors (Lipinski definition) is 8. The van der Waals surface area contributed by atoms with Gasteiger partial charge >= 0.3 is 0 Å². The Hall–Kier alpha value is -2.98. The number of aromatic hydroxyl groups is 1. The number of amides is 2. The lowest BCUT2D eigenvalue weighted by Gasteiger charge is -2.51. The number of hydrogen-bond donors (Lipinski definition) is 3. The van der Waals surface area contributed by atoms with Gasteiger partial charge in [-0.3, -0.25) is 9.59 Å². The van der Waals surface area contributed by atoms with E-state index in [0.717, 1.165) is 0 Å². The van der Waals surface area contributed by atoms with Gasteiger partial charge in [0.05, 0.1) is 17.7 Å². The van der Waals surface area contributed by atoms with Crippen LogP contribution in [0.25, 0.3) is 0 Å². The molecular formula is C20H24N4O6. The van der Waals surface area contributed by atoms with Crippen LogP contribution < -0.4 is 5.32 Å². The third-order valence-electron chi connectivity index (χ3n) is 5.99. The van der Waals surface area contributed by atoms with Crippen LogP contribution in [-0.4, -0.2) is 74.0 Å². The third kappa shape index (κ3) is 3.75. The minimum absolute atomic E-state index is 0.0578. The van der Waals surface area contributed by atoms with Gasteiger partial charge in [-0.05, 0) is 31.9 Å². The molecule has 2 aromatic rings. The minimum Gasteiger partial charge on any atom is -0.505 e. The molecule has 0 aromatic carbocycles. The molecule has 160 valence electrons. The maximum Gasteiger partial charge on any atom is 0.276 e. The number of aliphatic hydroxyl groups is 1. The highest BCUT2D eigenvalue weighted by atomic mass is 16.5. The van der Waals surface area contributed by atoms with Crippen molar-refractivity contribution in [3.63, 3.8) is 0 Å². The second-order valence-corrected chi connectivity index (χ2v) is 8.11. The van der Waals surface area contributed by atoms with E-state index in [1.165, 1.54) is 30.7 Å². The summed E-state index contributed by atoms with van der Waals surface area (Å²) in [5, 5.41) is 27.0. The molecule has 3 N–H and O–H groups in total. The van der Waals surface area contributed by atoms with Gasteiger partial charge in [0.25, 0.3) is 11.8 Å². The summed E-state index contributed by atoms with van der Waals surface area (Å²) in [5.41, 5.74) is -1.39. The monoisotopic (exact) mass is 416 g/mol. The van der Waals surface area contributed by atoms with Crippen molar-refractivity contribution in [3.8, 4) is 5.75 Å². The van der Waals surface area contributed by atoms with Crippen LogP contribution >= 0.6 is 0 Å². The van der Waals surface area contributed by atoms with Gasteiger partial charge in [-0.2, -0.15) is 0 Å². The van der Waals surface area contributed by atoms with Crippen molar-refractivity contribution in [1.29, 1.82) is 0 Å². The number of aromatic nitrogens is 2. The number of rotatable bonds is 3. The molecule has 1 spiro atoms. The number of ether oxygens (including phenoxy) is 1. The Balaban J connectivity index is 1.45. The number of carbonyl (C=O) groups is 2. The number of aliphatic hydroxyl groups excluding tert-OH is 1. The molecule has 2 aliphatic heterocycles. The van der Waals surface area contributed by atoms with Crippen molar-refractivity contribution in [2.75, 3.05) is 19.7 Å². The normalized spacial score (nSPS) is 25.8. The Morgan fingerprint density at radius 1 is 1.30 bits per heavy atom. The van der Waals surface area contributed by atoms with Crippen molar-refractivity contribution in [3.05, 3.63) is 42.0 Å². The fourth-order valence-corrected chi connectivity index (χ4v) is 4.22. The second kappa shape index (κ2) is 7.69. The first kappa shape index (κ1) is 20.3. The molecule has 2 amide bonds. The summed E-state index contributed by atoms with van der Waals surface area (Å²) in [7, 11) is 0. The number of pyridine rings is 1. The van der Waals surface area contributed by atoms with Crippen LogP contribution in [0.1, 0.15) is 47.2 Å². The maximum absolute atomic E-state index is 12.7. The zero-order chi connectivity index (χ0) is 21.4. The number of carbonyl (C=O) groups excluding carboxylic acids is 2. The standard InChI is InChI=1S/C20H24N4O6/c1-19(22-17(27)16-14(25)3-2-7-21-16)12-20(29-11-15(19)26)5-8-24(9-6-20)18(28)13-4-10-30-23-13/h2-4,7,10,15,25-26H,5-6,8-9,11-12H2,1H3,(H,22,27)/t15-,19-/m0/s1. The average molecular weight is 416 g/mol. The number of nitrogens with zero attached hydrogens (tertiary/aromatic N) is 3. The topological polar surface area (TPSA) is 138 Å². The Bertz CT molecular complexity index is 925. The van der Waals surface area contributed by atoms with Gasteiger partial charge in [0.15, 0.2) is 11.4 Å². The van der Waals surface area contributed by atoms with Crippen LogP contribution in [0.4, 0.5) is 0 Å². The quantitative estimate of drug-likeness (QED) is 0.665. The van der Waals surface area contributed by atoms with E-state index in [2.05, 4.69) is 15.5 Å². The van der Waals surface area contributed by atoms with E-state index in [0.29, 0.717) is 32.4 Å². The minimum atomic E-state index is -0.975. The van der Waals surface area contributed by atoms with E-state index < -0.39 is 23.2 Å². The Labute approximate surface area is 172 Å². The molecule has 0 unspecified atom stereocenters. The predicted molar refractivity (Wildman–Crippen MR) is 103 cm³/mol. The highest BCUT2D eigenvalue weighted by Gasteiger charge is 2.50. The predicted octanol–water partition coefficient (Wildman–Crippen LogP) is 0.720. The molecular weight excluding hydrogens is 392 g/mol. The van der Waals surface area contributed by atoms with Crippen molar-refractivity contribution in [2.24, 2.45) is 0 Å². The van der Waals surface area contributed by atoms with Crippen molar-refractivity contribution in [2.45, 2.75) is 43.4 Å². The number of likely N-dealkylation sites (tertiary alicyclic amines) is 1. The summed E-state index contributed by atoms with van der Waals surface area (Å²) < 4.78 is 10.7. The van der Waals surface area contributed by atoms with Gasteiger partial charge in [-0.15, -0.1) is 0 Å². The molecule has 2 fully saturated rings. The number of nitrogens with one attached hydrogen (secondary N) is 1. The van der Waals surface area contributed by atoms with Gasteiger partial charge in [0.1, 0.15) is 18.1 Å². The molecule has 0 saturated carbocycles. The molecule has 2 aliphatic rings. The first-order valence-corrected chi connectivity index (χ1v) is 9.80. The van der Waals surface area contributed by atoms with Crippen molar-refractivity contribution in [1.82, 2.24) is 20.4 Å². The number of piperidine rings is 1. The van der Waals surface area contributed by atoms with E-state index in [1.807, 2.05) is 0 Å². The average Bonchev–Trinajstić information content (AvgIpc) is 3.26. The largest absolute Gasteiger partial charge is 0.505 e. The Morgan fingerprint density at radius 2 is 2.07 bits per heavy atom. The Kier molecular flexibility index (Phi) is 5.20. The molecule has 4 heterocycles. The molecule has 4 rings (SSSR count). The maximum atomic E-state index is 12.7. The first-order valence-electron chi connectivity index (χ1n) is 9.80. The van der Waals surface area contributed by atoms with Gasteiger partial charge in [-0.25, -0.2) is 4.98 Å². The Morgan fingerprint density at radius 3 is 2.73 bits per heavy atom. The lowest BCUT2D eigenvalue weighted by molar-refractivity contribution is -0.175. The summed E-state index contributed by atoms with van der Waals surface area (Å²) in [5.74, 6) is -0.990. The van der Waals surface area contributed by atoms with Gasteiger partial charge < -0.3 is 29.7 Å². The molecule has 0 radical (unpaired) electrons. The van der Waals surface area contributed by atoms with Crippen LogP contribution in [0.15, 0.2) is 35.2 Å². The lowest BCUT2D eigenvalue weighted by atomic mass is 9.74. The van der Waals surface area contributed by atoms with E-state index in [4.69, 9.17) is 9.26 Å². The molecule has 30 heavy (non-hydrogen) atoms. The smallest absolute Gasteiger partial charge is 0.276 e. The molecule has 2 saturated heterocycles. The van der Waals surface area contributed by atoms with E-state index in [-0.39, 0.29) is 29.7 Å². The van der Waals surface area contributed by atoms with Crippen LogP contribution in [0.5, 0.6) is 5.75 Å². The summed E-state index contributed by atoms with van der Waals surface area (Å²) in [6.45, 7) is 2.74. The highest BCUT2D eigenvalue weighted by Crippen LogP contribution is 2.40. The highest BCUT2D eigenvalue weighted by molar-refractivity contribution is 5.95. The zero-order valence-corrected chi connectivity index (χ0v) is 16.6. The molecule has 0 aliphatic carbocycles. The SMILES string of the molecule is C[C@]1(NC(=O)c2ncccc2O)CC2(CCN(C(=O)c3ccon3)CC2)OC[C@@H]1O. The summed E-state index contributed by atoms with van der Waals surface area (Å²) in [6.07, 6.45) is 3.34. The summed E-state index contributed by atoms with van der Waals surface area (Å²) in [6, 6.07) is 4.44. The fourth-order valence-electron chi connectivity index (χ4n) is 4.22. The molecule has 2 atom stereocenters. The summed E-state index contributed by atoms with van der Waals surface area (Å²) in [4.78, 5) is 30.8. The van der Waals surface area contributed by atoms with E-state index in [1.54, 1.807) is 11.8 Å². The van der Waals surface area contributed by atoms with E-state index >= 15 is 0 Å². The van der Waals surface area contributed by atoms with E-state index in [9.17, 15) is 19.8 Å².